The van der Waals surface area contributed by atoms with E-state index in [4.69, 9.17) is 0 Å². The zero-order chi connectivity index (χ0) is 17.4. The van der Waals surface area contributed by atoms with Gasteiger partial charge in [-0.3, -0.25) is 4.72 Å². The Morgan fingerprint density at radius 1 is 1.00 bits per heavy atom. The summed E-state index contributed by atoms with van der Waals surface area (Å²) in [7, 11) is -4.31. The maximum absolute atomic E-state index is 13.4. The first-order valence-electron chi connectivity index (χ1n) is 5.85. The molecule has 2 aromatic rings. The lowest BCUT2D eigenvalue weighted by Crippen LogP contribution is -2.15. The highest BCUT2D eigenvalue weighted by atomic mass is 79.9. The Hall–Kier alpha value is -1.13. The highest BCUT2D eigenvalue weighted by molar-refractivity contribution is 9.10. The van der Waals surface area contributed by atoms with E-state index in [-0.39, 0.29) is 14.6 Å². The van der Waals surface area contributed by atoms with Crippen molar-refractivity contribution >= 4 is 47.6 Å². The van der Waals surface area contributed by atoms with Gasteiger partial charge in [0.1, 0.15) is 5.82 Å². The molecule has 2 rings (SSSR count). The van der Waals surface area contributed by atoms with Crippen LogP contribution in [0.1, 0.15) is 5.56 Å². The molecular weight excluding hydrogens is 470 g/mol. The minimum atomic E-state index is -4.70. The summed E-state index contributed by atoms with van der Waals surface area (Å²) in [6, 6.07) is 5.74. The summed E-state index contributed by atoms with van der Waals surface area (Å²) in [6.45, 7) is 0. The van der Waals surface area contributed by atoms with Gasteiger partial charge in [-0.2, -0.15) is 13.2 Å². The van der Waals surface area contributed by atoms with E-state index >= 15 is 0 Å². The Labute approximate surface area is 146 Å². The second-order valence-corrected chi connectivity index (χ2v) is 7.86. The highest BCUT2D eigenvalue weighted by Crippen LogP contribution is 2.33. The molecule has 10 heteroatoms. The summed E-state index contributed by atoms with van der Waals surface area (Å²) < 4.78 is 78.2. The fourth-order valence-electron chi connectivity index (χ4n) is 1.66. The van der Waals surface area contributed by atoms with E-state index in [9.17, 15) is 26.0 Å². The van der Waals surface area contributed by atoms with Crippen LogP contribution in [0.15, 0.2) is 50.2 Å². The second kappa shape index (κ2) is 6.40. The van der Waals surface area contributed by atoms with Crippen molar-refractivity contribution < 1.29 is 26.0 Å². The van der Waals surface area contributed by atoms with Gasteiger partial charge in [0.25, 0.3) is 10.0 Å². The van der Waals surface area contributed by atoms with Gasteiger partial charge in [0.15, 0.2) is 0 Å². The van der Waals surface area contributed by atoms with Crippen molar-refractivity contribution in [1.29, 1.82) is 0 Å². The Bertz CT molecular complexity index is 854. The molecule has 0 fully saturated rings. The summed E-state index contributed by atoms with van der Waals surface area (Å²) in [5.41, 5.74) is -1.23. The average molecular weight is 477 g/mol. The maximum Gasteiger partial charge on any atom is 0.416 e. The maximum atomic E-state index is 13.4. The lowest BCUT2D eigenvalue weighted by atomic mass is 10.2. The van der Waals surface area contributed by atoms with Crippen molar-refractivity contribution in [2.75, 3.05) is 4.72 Å². The van der Waals surface area contributed by atoms with Gasteiger partial charge in [-0.1, -0.05) is 15.9 Å². The van der Waals surface area contributed by atoms with Gasteiger partial charge in [0.2, 0.25) is 0 Å². The van der Waals surface area contributed by atoms with Crippen LogP contribution in [-0.2, 0) is 16.2 Å². The van der Waals surface area contributed by atoms with Gasteiger partial charge in [-0.15, -0.1) is 0 Å². The Morgan fingerprint density at radius 3 is 2.22 bits per heavy atom. The molecule has 0 aliphatic heterocycles. The first-order valence-corrected chi connectivity index (χ1v) is 8.91. The lowest BCUT2D eigenvalue weighted by molar-refractivity contribution is -0.137. The summed E-state index contributed by atoms with van der Waals surface area (Å²) in [6.07, 6.45) is -4.70. The van der Waals surface area contributed by atoms with Crippen LogP contribution < -0.4 is 4.72 Å². The Kier molecular flexibility index (Phi) is 5.07. The molecule has 0 atom stereocenters. The van der Waals surface area contributed by atoms with Crippen LogP contribution in [-0.4, -0.2) is 8.42 Å². The molecule has 2 aromatic carbocycles. The number of benzene rings is 2. The van der Waals surface area contributed by atoms with Crippen molar-refractivity contribution in [1.82, 2.24) is 0 Å². The van der Waals surface area contributed by atoms with Crippen LogP contribution in [0.3, 0.4) is 0 Å². The summed E-state index contributed by atoms with van der Waals surface area (Å²) in [4.78, 5) is -0.595. The van der Waals surface area contributed by atoms with Crippen LogP contribution in [0.2, 0.25) is 0 Å². The third-order valence-electron chi connectivity index (χ3n) is 2.68. The smallest absolute Gasteiger partial charge is 0.280 e. The molecule has 0 bridgehead atoms. The van der Waals surface area contributed by atoms with E-state index in [1.54, 1.807) is 0 Å². The van der Waals surface area contributed by atoms with Gasteiger partial charge in [0, 0.05) is 4.47 Å². The fourth-order valence-corrected chi connectivity index (χ4v) is 3.67. The molecule has 0 radical (unpaired) electrons. The van der Waals surface area contributed by atoms with Crippen molar-refractivity contribution in [2.45, 2.75) is 11.1 Å². The average Bonchev–Trinajstić information content (AvgIpc) is 2.41. The van der Waals surface area contributed by atoms with Crippen molar-refractivity contribution in [3.05, 3.63) is 56.7 Å². The predicted octanol–water partition coefficient (Wildman–Crippen LogP) is 5.17. The predicted molar refractivity (Wildman–Crippen MR) is 84.1 cm³/mol. The molecule has 0 amide bonds. The van der Waals surface area contributed by atoms with Crippen molar-refractivity contribution in [3.8, 4) is 0 Å². The molecule has 0 saturated heterocycles. The number of alkyl halides is 3. The monoisotopic (exact) mass is 475 g/mol. The van der Waals surface area contributed by atoms with Gasteiger partial charge < -0.3 is 0 Å². The normalized spacial score (nSPS) is 12.3. The molecule has 0 unspecified atom stereocenters. The highest BCUT2D eigenvalue weighted by Gasteiger charge is 2.32. The van der Waals surface area contributed by atoms with Crippen LogP contribution in [0.4, 0.5) is 23.2 Å². The van der Waals surface area contributed by atoms with Gasteiger partial charge in [0.05, 0.1) is 20.6 Å². The molecule has 0 aliphatic carbocycles. The molecule has 3 nitrogen and oxygen atoms in total. The third kappa shape index (κ3) is 4.45. The summed E-state index contributed by atoms with van der Waals surface area (Å²) >= 11 is 5.76. The molecule has 0 aromatic heterocycles. The molecule has 23 heavy (non-hydrogen) atoms. The third-order valence-corrected chi connectivity index (χ3v) is 5.14. The Morgan fingerprint density at radius 2 is 1.65 bits per heavy atom. The quantitative estimate of drug-likeness (QED) is 0.621. The topological polar surface area (TPSA) is 46.2 Å². The number of nitrogens with one attached hydrogen (secondary N) is 1. The Balaban J connectivity index is 2.43. The molecular formula is C13H7Br2F4NO2S. The standard InChI is InChI=1S/C13H7Br2F4NO2S/c14-8-3-7(13(17,18)19)4-10(5-8)23(21,22)20-9-1-2-11(15)12(16)6-9/h1-6,20H. The molecule has 124 valence electrons. The van der Waals surface area contributed by atoms with E-state index in [2.05, 4.69) is 31.9 Å². The van der Waals surface area contributed by atoms with E-state index in [1.165, 1.54) is 12.1 Å². The van der Waals surface area contributed by atoms with Crippen LogP contribution in [0.25, 0.3) is 0 Å². The molecule has 0 saturated carbocycles. The first-order chi connectivity index (χ1) is 10.5. The first kappa shape index (κ1) is 18.2. The minimum absolute atomic E-state index is 0.0466. The van der Waals surface area contributed by atoms with E-state index in [0.29, 0.717) is 6.07 Å². The van der Waals surface area contributed by atoms with Crippen molar-refractivity contribution in [3.63, 3.8) is 0 Å². The van der Waals surface area contributed by atoms with E-state index in [1.807, 2.05) is 4.72 Å². The van der Waals surface area contributed by atoms with Crippen LogP contribution in [0.5, 0.6) is 0 Å². The van der Waals surface area contributed by atoms with Crippen LogP contribution >= 0.6 is 31.9 Å². The molecule has 0 heterocycles. The molecule has 1 N–H and O–H groups in total. The van der Waals surface area contributed by atoms with Gasteiger partial charge >= 0.3 is 6.18 Å². The lowest BCUT2D eigenvalue weighted by Gasteiger charge is -2.12. The number of sulfonamides is 1. The summed E-state index contributed by atoms with van der Waals surface area (Å²) in [5.74, 6) is -0.713. The van der Waals surface area contributed by atoms with Crippen LogP contribution in [0, 0.1) is 5.82 Å². The SMILES string of the molecule is O=S(=O)(Nc1ccc(Br)c(F)c1)c1cc(Br)cc(C(F)(F)F)c1. The zero-order valence-electron chi connectivity index (χ0n) is 11.0. The second-order valence-electron chi connectivity index (χ2n) is 4.41. The van der Waals surface area contributed by atoms with Gasteiger partial charge in [-0.05, 0) is 52.3 Å². The number of rotatable bonds is 3. The largest absolute Gasteiger partial charge is 0.416 e. The van der Waals surface area contributed by atoms with Gasteiger partial charge in [-0.25, -0.2) is 12.8 Å². The van der Waals surface area contributed by atoms with E-state index in [0.717, 1.165) is 18.2 Å². The molecule has 0 spiro atoms. The number of halogens is 6. The summed E-state index contributed by atoms with van der Waals surface area (Å²) in [5, 5.41) is 0. The number of anilines is 1. The zero-order valence-corrected chi connectivity index (χ0v) is 14.9. The number of hydrogen-bond acceptors (Lipinski definition) is 2. The molecule has 0 aliphatic rings. The minimum Gasteiger partial charge on any atom is -0.280 e. The van der Waals surface area contributed by atoms with E-state index < -0.39 is 32.5 Å². The number of hydrogen-bond donors (Lipinski definition) is 1. The fraction of sp³-hybridized carbons (Fsp3) is 0.0769. The van der Waals surface area contributed by atoms with Crippen molar-refractivity contribution in [2.24, 2.45) is 0 Å².